The van der Waals surface area contributed by atoms with Crippen LogP contribution >= 0.6 is 0 Å². The van der Waals surface area contributed by atoms with Crippen LogP contribution in [0.1, 0.15) is 62.0 Å². The fourth-order valence-electron chi connectivity index (χ4n) is 3.14. The van der Waals surface area contributed by atoms with Crippen molar-refractivity contribution in [3.63, 3.8) is 0 Å². The molecule has 0 atom stereocenters. The lowest BCUT2D eigenvalue weighted by atomic mass is 9.94. The number of nitrogens with zero attached hydrogens (tertiary/aromatic N) is 2. The van der Waals surface area contributed by atoms with Crippen LogP contribution in [0.4, 0.5) is 5.82 Å². The second-order valence-corrected chi connectivity index (χ2v) is 5.88. The monoisotopic (exact) mass is 275 g/mol. The Labute approximate surface area is 121 Å². The molecule has 1 aromatic rings. The Balaban J connectivity index is 1.89. The van der Waals surface area contributed by atoms with Crippen molar-refractivity contribution in [3.8, 4) is 0 Å². The molecule has 110 valence electrons. The molecule has 0 saturated carbocycles. The van der Waals surface area contributed by atoms with Gasteiger partial charge in [0, 0.05) is 36.9 Å². The molecular formula is C16H25N3O. The van der Waals surface area contributed by atoms with E-state index < -0.39 is 0 Å². The number of aryl methyl sites for hydroxylation is 1. The number of anilines is 1. The van der Waals surface area contributed by atoms with Crippen molar-refractivity contribution in [2.75, 3.05) is 25.1 Å². The molecule has 1 aliphatic carbocycles. The molecule has 1 aliphatic heterocycles. The SMILES string of the molecule is CCCNc1nc(C2CCOCC2)nc2c1CCCC2. The van der Waals surface area contributed by atoms with E-state index in [1.165, 1.54) is 24.1 Å². The zero-order valence-corrected chi connectivity index (χ0v) is 12.5. The third-order valence-electron chi connectivity index (χ3n) is 4.33. The molecule has 0 amide bonds. The van der Waals surface area contributed by atoms with Gasteiger partial charge < -0.3 is 10.1 Å². The molecule has 1 fully saturated rings. The highest BCUT2D eigenvalue weighted by atomic mass is 16.5. The van der Waals surface area contributed by atoms with E-state index in [4.69, 9.17) is 14.7 Å². The van der Waals surface area contributed by atoms with Gasteiger partial charge in [-0.1, -0.05) is 6.92 Å². The molecule has 0 bridgehead atoms. The van der Waals surface area contributed by atoms with Crippen molar-refractivity contribution < 1.29 is 4.74 Å². The van der Waals surface area contributed by atoms with Gasteiger partial charge in [-0.05, 0) is 44.9 Å². The zero-order valence-electron chi connectivity index (χ0n) is 12.5. The van der Waals surface area contributed by atoms with Gasteiger partial charge in [-0.2, -0.15) is 0 Å². The summed E-state index contributed by atoms with van der Waals surface area (Å²) in [5.41, 5.74) is 2.67. The first-order chi connectivity index (χ1) is 9.88. The normalized spacial score (nSPS) is 19.6. The van der Waals surface area contributed by atoms with Crippen LogP contribution in [0.25, 0.3) is 0 Å². The number of hydrogen-bond acceptors (Lipinski definition) is 4. The van der Waals surface area contributed by atoms with Gasteiger partial charge in [0.2, 0.25) is 0 Å². The van der Waals surface area contributed by atoms with Gasteiger partial charge in [-0.25, -0.2) is 9.97 Å². The van der Waals surface area contributed by atoms with E-state index in [0.29, 0.717) is 5.92 Å². The first kappa shape index (κ1) is 13.8. The second kappa shape index (κ2) is 6.53. The van der Waals surface area contributed by atoms with E-state index in [1.54, 1.807) is 0 Å². The van der Waals surface area contributed by atoms with Crippen molar-refractivity contribution in [2.45, 2.75) is 57.8 Å². The molecule has 0 spiro atoms. The summed E-state index contributed by atoms with van der Waals surface area (Å²) < 4.78 is 5.46. The maximum atomic E-state index is 5.46. The van der Waals surface area contributed by atoms with E-state index in [2.05, 4.69) is 12.2 Å². The van der Waals surface area contributed by atoms with Crippen molar-refractivity contribution >= 4 is 5.82 Å². The second-order valence-electron chi connectivity index (χ2n) is 5.88. The van der Waals surface area contributed by atoms with Crippen LogP contribution in [0.3, 0.4) is 0 Å². The lowest BCUT2D eigenvalue weighted by molar-refractivity contribution is 0.0835. The third kappa shape index (κ3) is 2.95. The predicted octanol–water partition coefficient (Wildman–Crippen LogP) is 3.07. The first-order valence-corrected chi connectivity index (χ1v) is 8.09. The van der Waals surface area contributed by atoms with Crippen molar-refractivity contribution in [2.24, 2.45) is 0 Å². The zero-order chi connectivity index (χ0) is 13.8. The van der Waals surface area contributed by atoms with Gasteiger partial charge in [0.1, 0.15) is 11.6 Å². The molecule has 0 aromatic carbocycles. The summed E-state index contributed by atoms with van der Waals surface area (Å²) >= 11 is 0. The molecule has 1 aromatic heterocycles. The maximum Gasteiger partial charge on any atom is 0.134 e. The summed E-state index contributed by atoms with van der Waals surface area (Å²) in [6, 6.07) is 0. The highest BCUT2D eigenvalue weighted by molar-refractivity contribution is 5.48. The first-order valence-electron chi connectivity index (χ1n) is 8.09. The summed E-state index contributed by atoms with van der Waals surface area (Å²) in [4.78, 5) is 9.77. The van der Waals surface area contributed by atoms with Crippen molar-refractivity contribution in [3.05, 3.63) is 17.1 Å². The molecule has 0 unspecified atom stereocenters. The molecule has 3 rings (SSSR count). The Bertz CT molecular complexity index is 455. The minimum absolute atomic E-state index is 0.484. The van der Waals surface area contributed by atoms with E-state index in [1.807, 2.05) is 0 Å². The minimum atomic E-state index is 0.484. The van der Waals surface area contributed by atoms with Gasteiger partial charge in [0.15, 0.2) is 0 Å². The van der Waals surface area contributed by atoms with E-state index in [0.717, 1.165) is 63.5 Å². The molecule has 0 radical (unpaired) electrons. The van der Waals surface area contributed by atoms with Crippen LogP contribution in [-0.2, 0) is 17.6 Å². The lowest BCUT2D eigenvalue weighted by Crippen LogP contribution is -2.20. The number of ether oxygens (including phenoxy) is 1. The minimum Gasteiger partial charge on any atom is -0.381 e. The van der Waals surface area contributed by atoms with E-state index in [-0.39, 0.29) is 0 Å². The predicted molar refractivity (Wildman–Crippen MR) is 80.2 cm³/mol. The summed E-state index contributed by atoms with van der Waals surface area (Å²) in [5, 5.41) is 3.52. The molecule has 1 N–H and O–H groups in total. The molecule has 20 heavy (non-hydrogen) atoms. The van der Waals surface area contributed by atoms with Crippen LogP contribution in [-0.4, -0.2) is 29.7 Å². The lowest BCUT2D eigenvalue weighted by Gasteiger charge is -2.25. The largest absolute Gasteiger partial charge is 0.381 e. The standard InChI is InChI=1S/C16H25N3O/c1-2-9-17-16-13-5-3-4-6-14(13)18-15(19-16)12-7-10-20-11-8-12/h12H,2-11H2,1H3,(H,17,18,19). The summed E-state index contributed by atoms with van der Waals surface area (Å²) in [5.74, 6) is 2.64. The number of aromatic nitrogens is 2. The summed E-state index contributed by atoms with van der Waals surface area (Å²) in [7, 11) is 0. The molecule has 2 heterocycles. The fraction of sp³-hybridized carbons (Fsp3) is 0.750. The molecular weight excluding hydrogens is 250 g/mol. The molecule has 4 heteroatoms. The van der Waals surface area contributed by atoms with Crippen molar-refractivity contribution in [1.29, 1.82) is 0 Å². The van der Waals surface area contributed by atoms with Gasteiger partial charge in [-0.15, -0.1) is 0 Å². The molecule has 4 nitrogen and oxygen atoms in total. The third-order valence-corrected chi connectivity index (χ3v) is 4.33. The highest BCUT2D eigenvalue weighted by Gasteiger charge is 2.23. The average molecular weight is 275 g/mol. The maximum absolute atomic E-state index is 5.46. The number of nitrogens with one attached hydrogen (secondary N) is 1. The van der Waals surface area contributed by atoms with E-state index >= 15 is 0 Å². The fourth-order valence-corrected chi connectivity index (χ4v) is 3.14. The number of hydrogen-bond donors (Lipinski definition) is 1. The highest BCUT2D eigenvalue weighted by Crippen LogP contribution is 2.30. The quantitative estimate of drug-likeness (QED) is 0.917. The van der Waals surface area contributed by atoms with Gasteiger partial charge >= 0.3 is 0 Å². The Morgan fingerprint density at radius 2 is 1.95 bits per heavy atom. The van der Waals surface area contributed by atoms with Crippen molar-refractivity contribution in [1.82, 2.24) is 9.97 Å². The average Bonchev–Trinajstić information content (AvgIpc) is 2.53. The molecule has 2 aliphatic rings. The van der Waals surface area contributed by atoms with Crippen LogP contribution in [0, 0.1) is 0 Å². The Morgan fingerprint density at radius 1 is 1.15 bits per heavy atom. The van der Waals surface area contributed by atoms with Crippen LogP contribution in [0.15, 0.2) is 0 Å². The molecule has 1 saturated heterocycles. The topological polar surface area (TPSA) is 47.0 Å². The van der Waals surface area contributed by atoms with Gasteiger partial charge in [0.05, 0.1) is 0 Å². The summed E-state index contributed by atoms with van der Waals surface area (Å²) in [6.07, 6.45) is 8.05. The van der Waals surface area contributed by atoms with Gasteiger partial charge in [-0.3, -0.25) is 0 Å². The van der Waals surface area contributed by atoms with Gasteiger partial charge in [0.25, 0.3) is 0 Å². The van der Waals surface area contributed by atoms with Crippen LogP contribution in [0.5, 0.6) is 0 Å². The number of rotatable bonds is 4. The number of fused-ring (bicyclic) bond motifs is 1. The van der Waals surface area contributed by atoms with Crippen LogP contribution in [0.2, 0.25) is 0 Å². The van der Waals surface area contributed by atoms with Crippen LogP contribution < -0.4 is 5.32 Å². The Kier molecular flexibility index (Phi) is 4.51. The Morgan fingerprint density at radius 3 is 2.75 bits per heavy atom. The smallest absolute Gasteiger partial charge is 0.134 e. The van der Waals surface area contributed by atoms with E-state index in [9.17, 15) is 0 Å². The summed E-state index contributed by atoms with van der Waals surface area (Å²) in [6.45, 7) is 4.89. The Hall–Kier alpha value is -1.16.